The van der Waals surface area contributed by atoms with Gasteiger partial charge in [0.15, 0.2) is 0 Å². The van der Waals surface area contributed by atoms with Gasteiger partial charge in [-0.15, -0.1) is 11.3 Å². The summed E-state index contributed by atoms with van der Waals surface area (Å²) in [5.74, 6) is 0. The number of nitrogens with zero attached hydrogens (tertiary/aromatic N) is 1. The maximum atomic E-state index is 5.05. The molecule has 1 heterocycles. The van der Waals surface area contributed by atoms with Crippen molar-refractivity contribution in [1.82, 2.24) is 10.3 Å². The molecule has 0 aromatic carbocycles. The van der Waals surface area contributed by atoms with Crippen molar-refractivity contribution >= 4 is 11.3 Å². The number of hydrogen-bond donors (Lipinski definition) is 1. The van der Waals surface area contributed by atoms with E-state index in [1.54, 1.807) is 4.88 Å². The molecule has 2 aliphatic rings. The van der Waals surface area contributed by atoms with Crippen LogP contribution in [-0.2, 0) is 18.4 Å². The number of fused-ring (bicyclic) bond motifs is 1. The fraction of sp³-hybridized carbons (Fsp3) is 0.812. The van der Waals surface area contributed by atoms with Crippen molar-refractivity contribution in [3.8, 4) is 0 Å². The van der Waals surface area contributed by atoms with Crippen LogP contribution in [0.3, 0.4) is 0 Å². The Hall–Kier alpha value is -0.410. The summed E-state index contributed by atoms with van der Waals surface area (Å²) in [6.07, 6.45) is 7.62. The van der Waals surface area contributed by atoms with Crippen LogP contribution in [-0.4, -0.2) is 11.0 Å². The number of thiazole rings is 1. The van der Waals surface area contributed by atoms with E-state index >= 15 is 0 Å². The molecule has 1 aromatic heterocycles. The first-order valence-corrected chi connectivity index (χ1v) is 8.53. The molecule has 3 rings (SSSR count). The Morgan fingerprint density at radius 1 is 1.16 bits per heavy atom. The summed E-state index contributed by atoms with van der Waals surface area (Å²) in [6.45, 7) is 9.36. The third kappa shape index (κ3) is 2.06. The smallest absolute Gasteiger partial charge is 0.114 e. The van der Waals surface area contributed by atoms with E-state index in [4.69, 9.17) is 4.98 Å². The van der Waals surface area contributed by atoms with Crippen molar-refractivity contribution < 1.29 is 0 Å². The molecule has 0 amide bonds. The van der Waals surface area contributed by atoms with Gasteiger partial charge in [0, 0.05) is 10.9 Å². The van der Waals surface area contributed by atoms with Crippen molar-refractivity contribution in [2.75, 3.05) is 0 Å². The largest absolute Gasteiger partial charge is 0.303 e. The van der Waals surface area contributed by atoms with Gasteiger partial charge >= 0.3 is 0 Å². The molecule has 1 aromatic rings. The first-order valence-electron chi connectivity index (χ1n) is 7.71. The zero-order valence-corrected chi connectivity index (χ0v) is 13.5. The van der Waals surface area contributed by atoms with Crippen molar-refractivity contribution in [2.45, 2.75) is 77.8 Å². The predicted octanol–water partition coefficient (Wildman–Crippen LogP) is 4.04. The number of hydrogen-bond acceptors (Lipinski definition) is 3. The average Bonchev–Trinajstić information content (AvgIpc) is 2.91. The normalized spacial score (nSPS) is 29.1. The first kappa shape index (κ1) is 13.6. The molecule has 0 radical (unpaired) electrons. The molecular weight excluding hydrogens is 252 g/mol. The van der Waals surface area contributed by atoms with E-state index in [1.807, 2.05) is 11.3 Å². The van der Waals surface area contributed by atoms with Crippen LogP contribution in [0.15, 0.2) is 0 Å². The topological polar surface area (TPSA) is 24.9 Å². The molecule has 106 valence electrons. The second kappa shape index (κ2) is 4.56. The molecular formula is C16H26N2S. The second-order valence-electron chi connectivity index (χ2n) is 7.18. The summed E-state index contributed by atoms with van der Waals surface area (Å²) in [7, 11) is 0. The van der Waals surface area contributed by atoms with Crippen LogP contribution in [0.5, 0.6) is 0 Å². The minimum atomic E-state index is 0.107. The van der Waals surface area contributed by atoms with Gasteiger partial charge in [0.25, 0.3) is 0 Å². The van der Waals surface area contributed by atoms with Gasteiger partial charge in [-0.25, -0.2) is 4.98 Å². The highest BCUT2D eigenvalue weighted by Gasteiger charge is 2.52. The molecule has 2 aliphatic carbocycles. The summed E-state index contributed by atoms with van der Waals surface area (Å²) in [5, 5.41) is 5.27. The number of rotatable bonds is 3. The molecule has 1 unspecified atom stereocenters. The molecule has 1 atom stereocenters. The number of aromatic nitrogens is 1. The summed E-state index contributed by atoms with van der Waals surface area (Å²) in [6, 6.07) is 0.510. The molecule has 1 N–H and O–H groups in total. The second-order valence-corrected chi connectivity index (χ2v) is 8.27. The van der Waals surface area contributed by atoms with Crippen LogP contribution in [0, 0.1) is 5.41 Å². The molecule has 0 spiro atoms. The molecule has 3 heteroatoms. The Bertz CT molecular complexity index is 454. The van der Waals surface area contributed by atoms with Gasteiger partial charge in [-0.3, -0.25) is 0 Å². The van der Waals surface area contributed by atoms with Crippen LogP contribution in [0.1, 0.15) is 69.0 Å². The fourth-order valence-corrected chi connectivity index (χ4v) is 5.45. The average molecular weight is 278 g/mol. The van der Waals surface area contributed by atoms with Crippen molar-refractivity contribution in [1.29, 1.82) is 0 Å². The summed E-state index contributed by atoms with van der Waals surface area (Å²) in [5.41, 5.74) is 1.81. The van der Waals surface area contributed by atoms with E-state index in [9.17, 15) is 0 Å². The van der Waals surface area contributed by atoms with Gasteiger partial charge in [-0.2, -0.15) is 0 Å². The standard InChI is InChI=1S/C16H26N2S/c1-11(2)18-16(10-6-9-15(16,3)4)14-17-12-7-5-8-13(12)19-14/h11,18H,5-10H2,1-4H3. The molecule has 19 heavy (non-hydrogen) atoms. The quantitative estimate of drug-likeness (QED) is 0.902. The molecule has 1 fully saturated rings. The molecule has 0 bridgehead atoms. The molecule has 2 nitrogen and oxygen atoms in total. The lowest BCUT2D eigenvalue weighted by molar-refractivity contribution is 0.143. The minimum absolute atomic E-state index is 0.107. The van der Waals surface area contributed by atoms with Crippen LogP contribution in [0.25, 0.3) is 0 Å². The molecule has 0 saturated heterocycles. The highest BCUT2D eigenvalue weighted by molar-refractivity contribution is 7.12. The summed E-state index contributed by atoms with van der Waals surface area (Å²) in [4.78, 5) is 6.61. The Morgan fingerprint density at radius 3 is 2.53 bits per heavy atom. The van der Waals surface area contributed by atoms with Crippen LogP contribution in [0.2, 0.25) is 0 Å². The van der Waals surface area contributed by atoms with Gasteiger partial charge in [-0.1, -0.05) is 20.3 Å². The SMILES string of the molecule is CC(C)NC1(c2nc3c(s2)CCC3)CCCC1(C)C. The molecule has 1 saturated carbocycles. The fourth-order valence-electron chi connectivity index (χ4n) is 3.94. The van der Waals surface area contributed by atoms with Crippen molar-refractivity contribution in [3.05, 3.63) is 15.6 Å². The van der Waals surface area contributed by atoms with E-state index in [-0.39, 0.29) is 5.54 Å². The highest BCUT2D eigenvalue weighted by Crippen LogP contribution is 2.54. The minimum Gasteiger partial charge on any atom is -0.303 e. The summed E-state index contributed by atoms with van der Waals surface area (Å²) < 4.78 is 0. The van der Waals surface area contributed by atoms with E-state index in [1.165, 1.54) is 49.2 Å². The molecule has 0 aliphatic heterocycles. The van der Waals surface area contributed by atoms with Crippen molar-refractivity contribution in [2.24, 2.45) is 5.41 Å². The highest BCUT2D eigenvalue weighted by atomic mass is 32.1. The lowest BCUT2D eigenvalue weighted by atomic mass is 9.74. The lowest BCUT2D eigenvalue weighted by Gasteiger charge is -2.42. The number of nitrogens with one attached hydrogen (secondary N) is 1. The van der Waals surface area contributed by atoms with E-state index < -0.39 is 0 Å². The zero-order valence-electron chi connectivity index (χ0n) is 12.7. The van der Waals surface area contributed by atoms with Gasteiger partial charge in [-0.05, 0) is 51.4 Å². The van der Waals surface area contributed by atoms with Gasteiger partial charge in [0.05, 0.1) is 11.2 Å². The van der Waals surface area contributed by atoms with Crippen LogP contribution >= 0.6 is 11.3 Å². The Balaban J connectivity index is 2.03. The van der Waals surface area contributed by atoms with E-state index in [0.29, 0.717) is 11.5 Å². The number of aryl methyl sites for hydroxylation is 2. The maximum absolute atomic E-state index is 5.05. The predicted molar refractivity (Wildman–Crippen MR) is 81.7 cm³/mol. The van der Waals surface area contributed by atoms with Gasteiger partial charge in [0.2, 0.25) is 0 Å². The maximum Gasteiger partial charge on any atom is 0.114 e. The third-order valence-electron chi connectivity index (χ3n) is 5.00. The van der Waals surface area contributed by atoms with E-state index in [2.05, 4.69) is 33.0 Å². The summed E-state index contributed by atoms with van der Waals surface area (Å²) >= 11 is 1.99. The lowest BCUT2D eigenvalue weighted by Crippen LogP contribution is -2.52. The van der Waals surface area contributed by atoms with Gasteiger partial charge in [0.1, 0.15) is 5.01 Å². The zero-order chi connectivity index (χ0) is 13.7. The van der Waals surface area contributed by atoms with E-state index in [0.717, 1.165) is 0 Å². The van der Waals surface area contributed by atoms with Crippen molar-refractivity contribution in [3.63, 3.8) is 0 Å². The Labute approximate surface area is 121 Å². The Kier molecular flexibility index (Phi) is 3.25. The first-order chi connectivity index (χ1) is 8.95. The van der Waals surface area contributed by atoms with Gasteiger partial charge < -0.3 is 5.32 Å². The van der Waals surface area contributed by atoms with Crippen LogP contribution in [0.4, 0.5) is 0 Å². The van der Waals surface area contributed by atoms with Crippen LogP contribution < -0.4 is 5.32 Å². The third-order valence-corrected chi connectivity index (χ3v) is 6.32. The Morgan fingerprint density at radius 2 is 1.95 bits per heavy atom. The monoisotopic (exact) mass is 278 g/mol.